The average molecular weight is 424 g/mol. The number of carbonyl (C=O) groups excluding carboxylic acids is 2. The van der Waals surface area contributed by atoms with E-state index in [2.05, 4.69) is 40.5 Å². The van der Waals surface area contributed by atoms with Gasteiger partial charge < -0.3 is 15.4 Å². The summed E-state index contributed by atoms with van der Waals surface area (Å²) in [6, 6.07) is 11.0. The molecule has 2 N–H and O–H groups in total. The molecule has 2 aliphatic carbocycles. The Morgan fingerprint density at radius 3 is 2.37 bits per heavy atom. The van der Waals surface area contributed by atoms with Gasteiger partial charge in [-0.25, -0.2) is 4.79 Å². The molecule has 0 heterocycles. The van der Waals surface area contributed by atoms with Crippen molar-refractivity contribution in [3.8, 4) is 0 Å². The van der Waals surface area contributed by atoms with Gasteiger partial charge >= 0.3 is 12.1 Å². The van der Waals surface area contributed by atoms with Crippen molar-refractivity contribution in [3.63, 3.8) is 0 Å². The maximum atomic E-state index is 12.1. The topological polar surface area (TPSA) is 67.4 Å². The molecule has 0 aliphatic heterocycles. The summed E-state index contributed by atoms with van der Waals surface area (Å²) in [5.41, 5.74) is 2.57. The third-order valence-electron chi connectivity index (χ3n) is 5.68. The molecule has 2 atom stereocenters. The summed E-state index contributed by atoms with van der Waals surface area (Å²) in [6.45, 7) is 1.25. The van der Waals surface area contributed by atoms with Gasteiger partial charge in [-0.2, -0.15) is 13.2 Å². The van der Waals surface area contributed by atoms with Crippen LogP contribution in [0.2, 0.25) is 0 Å². The van der Waals surface area contributed by atoms with Gasteiger partial charge in [0.25, 0.3) is 5.91 Å². The van der Waals surface area contributed by atoms with Gasteiger partial charge in [-0.15, -0.1) is 0 Å². The third kappa shape index (κ3) is 6.58. The monoisotopic (exact) mass is 424 g/mol. The van der Waals surface area contributed by atoms with E-state index < -0.39 is 24.7 Å². The van der Waals surface area contributed by atoms with Gasteiger partial charge in [0, 0.05) is 18.1 Å². The van der Waals surface area contributed by atoms with Crippen LogP contribution < -0.4 is 10.6 Å². The maximum Gasteiger partial charge on any atom is 0.490 e. The number of ether oxygens (including phenoxy) is 1. The lowest BCUT2D eigenvalue weighted by molar-refractivity contribution is -0.200. The largest absolute Gasteiger partial charge is 0.490 e. The second kappa shape index (κ2) is 9.64. The summed E-state index contributed by atoms with van der Waals surface area (Å²) in [5, 5.41) is 6.34. The molecular formula is C22H27F3N2O3. The van der Waals surface area contributed by atoms with Crippen molar-refractivity contribution >= 4 is 18.0 Å². The molecule has 8 heteroatoms. The number of hydrogen-bond acceptors (Lipinski definition) is 4. The van der Waals surface area contributed by atoms with Crippen LogP contribution in [0.5, 0.6) is 0 Å². The highest BCUT2D eigenvalue weighted by molar-refractivity contribution is 5.82. The summed E-state index contributed by atoms with van der Waals surface area (Å²) in [7, 11) is 0. The van der Waals surface area contributed by atoms with E-state index in [9.17, 15) is 22.8 Å². The first-order chi connectivity index (χ1) is 14.2. The summed E-state index contributed by atoms with van der Waals surface area (Å²) in [6.07, 6.45) is 1.52. The Bertz CT molecular complexity index is 772. The molecule has 1 aromatic carbocycles. The van der Waals surface area contributed by atoms with Gasteiger partial charge in [0.2, 0.25) is 0 Å². The van der Waals surface area contributed by atoms with Crippen molar-refractivity contribution < 1.29 is 27.5 Å². The number of benzene rings is 1. The highest BCUT2D eigenvalue weighted by Crippen LogP contribution is 2.39. The van der Waals surface area contributed by atoms with Crippen LogP contribution in [-0.2, 0) is 14.3 Å². The van der Waals surface area contributed by atoms with E-state index in [0.29, 0.717) is 18.0 Å². The molecular weight excluding hydrogens is 397 g/mol. The number of rotatable bonds is 7. The predicted octanol–water partition coefficient (Wildman–Crippen LogP) is 3.60. The zero-order chi connectivity index (χ0) is 21.7. The van der Waals surface area contributed by atoms with E-state index >= 15 is 0 Å². The minimum atomic E-state index is -5.08. The van der Waals surface area contributed by atoms with Gasteiger partial charge in [0.1, 0.15) is 0 Å². The molecule has 3 rings (SSSR count). The summed E-state index contributed by atoms with van der Waals surface area (Å²) in [4.78, 5) is 22.4. The van der Waals surface area contributed by atoms with E-state index in [4.69, 9.17) is 0 Å². The number of esters is 1. The molecule has 0 aromatic heterocycles. The van der Waals surface area contributed by atoms with E-state index in [-0.39, 0.29) is 6.04 Å². The third-order valence-corrected chi connectivity index (χ3v) is 5.68. The maximum absolute atomic E-state index is 12.1. The lowest BCUT2D eigenvalue weighted by Crippen LogP contribution is -2.44. The van der Waals surface area contributed by atoms with Crippen molar-refractivity contribution in [3.05, 3.63) is 41.5 Å². The van der Waals surface area contributed by atoms with Crippen molar-refractivity contribution in [1.29, 1.82) is 0 Å². The van der Waals surface area contributed by atoms with Gasteiger partial charge in [-0.1, -0.05) is 42.0 Å². The lowest BCUT2D eigenvalue weighted by Gasteiger charge is -2.30. The Morgan fingerprint density at radius 2 is 1.73 bits per heavy atom. The van der Waals surface area contributed by atoms with Crippen LogP contribution in [-0.4, -0.2) is 42.8 Å². The first kappa shape index (κ1) is 22.3. The van der Waals surface area contributed by atoms with Gasteiger partial charge in [0.15, 0.2) is 6.61 Å². The number of hydrogen-bond donors (Lipinski definition) is 2. The number of nitrogens with one attached hydrogen (secondary N) is 2. The van der Waals surface area contributed by atoms with Crippen LogP contribution in [0.4, 0.5) is 13.2 Å². The number of carbonyl (C=O) groups is 2. The normalized spacial score (nSPS) is 26.7. The first-order valence-corrected chi connectivity index (χ1v) is 10.2. The zero-order valence-corrected chi connectivity index (χ0v) is 16.9. The van der Waals surface area contributed by atoms with Crippen molar-refractivity contribution in [2.75, 3.05) is 6.61 Å². The molecule has 0 radical (unpaired) electrons. The molecule has 5 nitrogen and oxygen atoms in total. The number of alkyl halides is 3. The lowest BCUT2D eigenvalue weighted by atomic mass is 9.91. The fourth-order valence-corrected chi connectivity index (χ4v) is 3.99. The summed E-state index contributed by atoms with van der Waals surface area (Å²) in [5.74, 6) is -2.50. The molecule has 2 fully saturated rings. The van der Waals surface area contributed by atoms with E-state index in [1.54, 1.807) is 0 Å². The van der Waals surface area contributed by atoms with E-state index in [1.165, 1.54) is 11.1 Å². The van der Waals surface area contributed by atoms with Crippen molar-refractivity contribution in [2.45, 2.75) is 63.3 Å². The molecule has 2 aliphatic rings. The van der Waals surface area contributed by atoms with Crippen molar-refractivity contribution in [2.24, 2.45) is 5.92 Å². The van der Waals surface area contributed by atoms with Crippen LogP contribution >= 0.6 is 0 Å². The Hall–Kier alpha value is -2.35. The Morgan fingerprint density at radius 1 is 1.10 bits per heavy atom. The van der Waals surface area contributed by atoms with E-state index in [0.717, 1.165) is 32.1 Å². The van der Waals surface area contributed by atoms with Crippen molar-refractivity contribution in [1.82, 2.24) is 10.6 Å². The molecule has 0 saturated heterocycles. The van der Waals surface area contributed by atoms with Crippen LogP contribution in [0.1, 0.15) is 44.6 Å². The smallest absolute Gasteiger partial charge is 0.449 e. The highest BCUT2D eigenvalue weighted by atomic mass is 19.4. The fraction of sp³-hybridized carbons (Fsp3) is 0.545. The molecule has 1 amide bonds. The Balaban J connectivity index is 1.34. The fourth-order valence-electron chi connectivity index (χ4n) is 3.99. The van der Waals surface area contributed by atoms with Gasteiger partial charge in [-0.3, -0.25) is 4.79 Å². The number of amides is 1. The minimum absolute atomic E-state index is 0.102. The Kier molecular flexibility index (Phi) is 7.18. The van der Waals surface area contributed by atoms with Gasteiger partial charge in [-0.05, 0) is 50.5 Å². The predicted molar refractivity (Wildman–Crippen MR) is 106 cm³/mol. The first-order valence-electron chi connectivity index (χ1n) is 10.2. The second-order valence-corrected chi connectivity index (χ2v) is 8.10. The number of halogens is 3. The standard InChI is InChI=1S/C22H27F3N2O3/c1-14(11-15-5-3-2-4-6-15)18-12-19(18)26-16-7-9-17(10-8-16)27-20(28)13-30-21(29)22(23,24)25/h2-6,11,16-19,26H,7-10,12-13H2,1H3,(H,27,28)/t16?,17?,18?,19-/m0/s1. The molecule has 0 spiro atoms. The zero-order valence-electron chi connectivity index (χ0n) is 16.9. The average Bonchev–Trinajstić information content (AvgIpc) is 3.47. The minimum Gasteiger partial charge on any atom is -0.449 e. The van der Waals surface area contributed by atoms with Crippen LogP contribution in [0.25, 0.3) is 6.08 Å². The van der Waals surface area contributed by atoms with E-state index in [1.807, 2.05) is 18.2 Å². The molecule has 1 unspecified atom stereocenters. The van der Waals surface area contributed by atoms with Crippen LogP contribution in [0.15, 0.2) is 35.9 Å². The quantitative estimate of drug-likeness (QED) is 0.657. The molecule has 164 valence electrons. The molecule has 30 heavy (non-hydrogen) atoms. The SMILES string of the molecule is CC(=Cc1ccccc1)C1C[C@@H]1NC1CCC(NC(=O)COC(=O)C(F)(F)F)CC1. The van der Waals surface area contributed by atoms with Crippen LogP contribution in [0, 0.1) is 5.92 Å². The molecule has 2 saturated carbocycles. The van der Waals surface area contributed by atoms with Gasteiger partial charge in [0.05, 0.1) is 0 Å². The molecule has 0 bridgehead atoms. The Labute approximate surface area is 174 Å². The summed E-state index contributed by atoms with van der Waals surface area (Å²) >= 11 is 0. The molecule has 1 aromatic rings. The highest BCUT2D eigenvalue weighted by Gasteiger charge is 2.41. The second-order valence-electron chi connectivity index (χ2n) is 8.10. The van der Waals surface area contributed by atoms with Crippen LogP contribution in [0.3, 0.4) is 0 Å². The summed E-state index contributed by atoms with van der Waals surface area (Å²) < 4.78 is 40.2.